The zero-order chi connectivity index (χ0) is 16.9. The predicted molar refractivity (Wildman–Crippen MR) is 93.2 cm³/mol. The third-order valence-electron chi connectivity index (χ3n) is 3.76. The van der Waals surface area contributed by atoms with Crippen molar-refractivity contribution in [1.82, 2.24) is 15.0 Å². The number of hydrogen-bond donors (Lipinski definition) is 3. The molecule has 3 rings (SSSR count). The lowest BCUT2D eigenvalue weighted by Crippen LogP contribution is -2.30. The van der Waals surface area contributed by atoms with E-state index in [1.54, 1.807) is 6.20 Å². The fourth-order valence-corrected chi connectivity index (χ4v) is 2.33. The highest BCUT2D eigenvalue weighted by Gasteiger charge is 2.18. The van der Waals surface area contributed by atoms with Crippen LogP contribution < -0.4 is 15.8 Å². The zero-order valence-electron chi connectivity index (χ0n) is 13.9. The Morgan fingerprint density at radius 3 is 3.04 bits per heavy atom. The van der Waals surface area contributed by atoms with E-state index in [0.29, 0.717) is 35.7 Å². The van der Waals surface area contributed by atoms with Gasteiger partial charge in [0.2, 0.25) is 11.8 Å². The maximum atomic E-state index is 5.74. The second kappa shape index (κ2) is 7.31. The Hall–Kier alpha value is -2.61. The van der Waals surface area contributed by atoms with E-state index in [2.05, 4.69) is 25.3 Å². The van der Waals surface area contributed by atoms with Gasteiger partial charge in [-0.15, -0.1) is 0 Å². The van der Waals surface area contributed by atoms with Crippen molar-refractivity contribution in [3.05, 3.63) is 24.2 Å². The number of fused-ring (bicyclic) bond motifs is 1. The highest BCUT2D eigenvalue weighted by Crippen LogP contribution is 2.23. The Morgan fingerprint density at radius 1 is 1.54 bits per heavy atom. The number of H-pyrrole nitrogens is 1. The van der Waals surface area contributed by atoms with Crippen LogP contribution in [0.5, 0.6) is 5.88 Å². The molecule has 24 heavy (non-hydrogen) atoms. The molecule has 8 nitrogen and oxygen atoms in total. The summed E-state index contributed by atoms with van der Waals surface area (Å²) in [4.78, 5) is 16.5. The molecule has 128 valence electrons. The molecule has 0 atom stereocenters. The molecule has 8 heteroatoms. The summed E-state index contributed by atoms with van der Waals surface area (Å²) in [6.45, 7) is 6.62. The first-order valence-corrected chi connectivity index (χ1v) is 7.97. The number of nitrogens with one attached hydrogen (secondary N) is 2. The van der Waals surface area contributed by atoms with Gasteiger partial charge in [-0.05, 0) is 19.9 Å². The van der Waals surface area contributed by atoms with Crippen molar-refractivity contribution in [3.8, 4) is 5.88 Å². The van der Waals surface area contributed by atoms with Crippen LogP contribution in [0, 0.1) is 5.92 Å². The Morgan fingerprint density at radius 2 is 2.38 bits per heavy atom. The van der Waals surface area contributed by atoms with Crippen molar-refractivity contribution in [1.29, 1.82) is 0 Å². The number of hydrogen-bond acceptors (Lipinski definition) is 7. The Kier molecular flexibility index (Phi) is 4.95. The SMILES string of the molecule is CCOc1nc(NC(=CN)C(C)=NCC2COC2)nc2[nH]ccc12. The molecule has 1 saturated heterocycles. The molecule has 2 aromatic heterocycles. The van der Waals surface area contributed by atoms with E-state index in [-0.39, 0.29) is 0 Å². The minimum Gasteiger partial charge on any atom is -0.477 e. The van der Waals surface area contributed by atoms with Gasteiger partial charge in [0.1, 0.15) is 5.65 Å². The maximum absolute atomic E-state index is 5.74. The van der Waals surface area contributed by atoms with Crippen molar-refractivity contribution in [2.24, 2.45) is 16.6 Å². The van der Waals surface area contributed by atoms with E-state index < -0.39 is 0 Å². The molecule has 0 unspecified atom stereocenters. The second-order valence-corrected chi connectivity index (χ2v) is 5.56. The topological polar surface area (TPSA) is 110 Å². The normalized spacial score (nSPS) is 16.2. The highest BCUT2D eigenvalue weighted by molar-refractivity contribution is 6.00. The van der Waals surface area contributed by atoms with Gasteiger partial charge in [0.15, 0.2) is 0 Å². The predicted octanol–water partition coefficient (Wildman–Crippen LogP) is 1.68. The number of rotatable bonds is 7. The Balaban J connectivity index is 1.78. The van der Waals surface area contributed by atoms with Gasteiger partial charge in [-0.1, -0.05) is 0 Å². The van der Waals surface area contributed by atoms with Crippen LogP contribution in [0.1, 0.15) is 13.8 Å². The maximum Gasteiger partial charge on any atom is 0.232 e. The van der Waals surface area contributed by atoms with E-state index in [4.69, 9.17) is 15.2 Å². The molecule has 3 heterocycles. The van der Waals surface area contributed by atoms with Gasteiger partial charge in [-0.25, -0.2) is 0 Å². The van der Waals surface area contributed by atoms with Crippen LogP contribution in [0.3, 0.4) is 0 Å². The lowest BCUT2D eigenvalue weighted by molar-refractivity contribution is -0.0265. The number of aliphatic imine (C=N–C) groups is 1. The number of allylic oxidation sites excluding steroid dienone is 1. The third kappa shape index (κ3) is 3.48. The Bertz CT molecular complexity index is 763. The van der Waals surface area contributed by atoms with Crippen LogP contribution in [0.15, 0.2) is 29.2 Å². The van der Waals surface area contributed by atoms with E-state index >= 15 is 0 Å². The molecule has 0 spiro atoms. The summed E-state index contributed by atoms with van der Waals surface area (Å²) in [6.07, 6.45) is 3.28. The zero-order valence-corrected chi connectivity index (χ0v) is 13.9. The Labute approximate surface area is 140 Å². The van der Waals surface area contributed by atoms with E-state index in [0.717, 1.165) is 30.9 Å². The average Bonchev–Trinajstić information content (AvgIpc) is 3.00. The molecule has 0 aromatic carbocycles. The molecule has 4 N–H and O–H groups in total. The number of aromatic nitrogens is 3. The molecular formula is C16H22N6O2. The minimum atomic E-state index is 0.409. The van der Waals surface area contributed by atoms with Crippen LogP contribution in [0.25, 0.3) is 11.0 Å². The molecule has 0 amide bonds. The van der Waals surface area contributed by atoms with Crippen LogP contribution in [-0.2, 0) is 4.74 Å². The van der Waals surface area contributed by atoms with E-state index in [1.165, 1.54) is 6.20 Å². The van der Waals surface area contributed by atoms with Gasteiger partial charge in [-0.2, -0.15) is 9.97 Å². The fourth-order valence-electron chi connectivity index (χ4n) is 2.33. The average molecular weight is 330 g/mol. The summed E-state index contributed by atoms with van der Waals surface area (Å²) in [6, 6.07) is 1.89. The fraction of sp³-hybridized carbons (Fsp3) is 0.438. The summed E-state index contributed by atoms with van der Waals surface area (Å²) in [5, 5.41) is 3.96. The van der Waals surface area contributed by atoms with Gasteiger partial charge < -0.3 is 25.5 Å². The standard InChI is InChI=1S/C16H22N6O2/c1-3-24-15-12-4-5-18-14(12)21-16(22-15)20-13(6-17)10(2)19-7-11-8-23-9-11/h4-6,11H,3,7-9,17H2,1-2H3,(H2,18,20,21,22). The lowest BCUT2D eigenvalue weighted by Gasteiger charge is -2.24. The third-order valence-corrected chi connectivity index (χ3v) is 3.76. The van der Waals surface area contributed by atoms with Gasteiger partial charge in [-0.3, -0.25) is 4.99 Å². The molecule has 1 aliphatic rings. The van der Waals surface area contributed by atoms with Crippen LogP contribution in [-0.4, -0.2) is 47.0 Å². The number of ether oxygens (including phenoxy) is 2. The first kappa shape index (κ1) is 16.3. The van der Waals surface area contributed by atoms with Crippen molar-refractivity contribution >= 4 is 22.7 Å². The summed E-state index contributed by atoms with van der Waals surface area (Å²) in [7, 11) is 0. The van der Waals surface area contributed by atoms with Crippen LogP contribution in [0.2, 0.25) is 0 Å². The van der Waals surface area contributed by atoms with Gasteiger partial charge in [0, 0.05) is 24.9 Å². The molecular weight excluding hydrogens is 308 g/mol. The van der Waals surface area contributed by atoms with Gasteiger partial charge >= 0.3 is 0 Å². The smallest absolute Gasteiger partial charge is 0.232 e. The van der Waals surface area contributed by atoms with Gasteiger partial charge in [0.25, 0.3) is 0 Å². The number of nitrogens with two attached hydrogens (primary N) is 1. The molecule has 0 bridgehead atoms. The first-order valence-electron chi connectivity index (χ1n) is 7.97. The molecule has 2 aromatic rings. The number of aromatic amines is 1. The van der Waals surface area contributed by atoms with Gasteiger partial charge in [0.05, 0.1) is 36.6 Å². The van der Waals surface area contributed by atoms with Crippen LogP contribution in [0.4, 0.5) is 5.95 Å². The van der Waals surface area contributed by atoms with Crippen molar-refractivity contribution in [2.75, 3.05) is 31.7 Å². The van der Waals surface area contributed by atoms with E-state index in [9.17, 15) is 0 Å². The monoisotopic (exact) mass is 330 g/mol. The second-order valence-electron chi connectivity index (χ2n) is 5.56. The molecule has 1 aliphatic heterocycles. The highest BCUT2D eigenvalue weighted by atomic mass is 16.5. The molecule has 1 fully saturated rings. The molecule has 0 radical (unpaired) electrons. The van der Waals surface area contributed by atoms with Crippen LogP contribution >= 0.6 is 0 Å². The number of nitrogens with zero attached hydrogens (tertiary/aromatic N) is 3. The summed E-state index contributed by atoms with van der Waals surface area (Å²) < 4.78 is 10.7. The molecule has 0 aliphatic carbocycles. The van der Waals surface area contributed by atoms with Crippen molar-refractivity contribution in [2.45, 2.75) is 13.8 Å². The van der Waals surface area contributed by atoms with E-state index in [1.807, 2.05) is 19.9 Å². The first-order chi connectivity index (χ1) is 11.7. The summed E-state index contributed by atoms with van der Waals surface area (Å²) in [5.41, 5.74) is 7.91. The quantitative estimate of drug-likeness (QED) is 0.666. The summed E-state index contributed by atoms with van der Waals surface area (Å²) >= 11 is 0. The van der Waals surface area contributed by atoms with Crippen molar-refractivity contribution < 1.29 is 9.47 Å². The number of anilines is 1. The minimum absolute atomic E-state index is 0.409. The van der Waals surface area contributed by atoms with Crippen molar-refractivity contribution in [3.63, 3.8) is 0 Å². The largest absolute Gasteiger partial charge is 0.477 e. The lowest BCUT2D eigenvalue weighted by atomic mass is 10.1. The summed E-state index contributed by atoms with van der Waals surface area (Å²) in [5.74, 6) is 1.44. The molecule has 0 saturated carbocycles.